The molecule has 0 spiro atoms. The summed E-state index contributed by atoms with van der Waals surface area (Å²) in [7, 11) is 1.72. The Bertz CT molecular complexity index is 902. The molecule has 0 saturated carbocycles. The van der Waals surface area contributed by atoms with Crippen molar-refractivity contribution in [1.82, 2.24) is 20.6 Å². The van der Waals surface area contributed by atoms with Crippen LogP contribution in [-0.2, 0) is 19.7 Å². The number of hydrogen-bond acceptors (Lipinski definition) is 5. The maximum atomic E-state index is 5.78. The second-order valence-corrected chi connectivity index (χ2v) is 6.31. The van der Waals surface area contributed by atoms with E-state index in [1.807, 2.05) is 56.3 Å². The van der Waals surface area contributed by atoms with E-state index in [-0.39, 0.29) is 0 Å². The summed E-state index contributed by atoms with van der Waals surface area (Å²) in [6, 6.07) is 13.9. The van der Waals surface area contributed by atoms with Crippen LogP contribution in [0.25, 0.3) is 0 Å². The molecule has 1 aromatic carbocycles. The van der Waals surface area contributed by atoms with Gasteiger partial charge in [0.2, 0.25) is 11.8 Å². The van der Waals surface area contributed by atoms with E-state index in [9.17, 15) is 0 Å². The Labute approximate surface area is 164 Å². The summed E-state index contributed by atoms with van der Waals surface area (Å²) in [5.41, 5.74) is 3.05. The van der Waals surface area contributed by atoms with Crippen molar-refractivity contribution in [3.63, 3.8) is 0 Å². The summed E-state index contributed by atoms with van der Waals surface area (Å²) in [5, 5.41) is 6.46. The Hall–Kier alpha value is -3.35. The minimum Gasteiger partial charge on any atom is -0.473 e. The fourth-order valence-corrected chi connectivity index (χ4v) is 2.55. The van der Waals surface area contributed by atoms with Gasteiger partial charge in [-0.1, -0.05) is 30.3 Å². The summed E-state index contributed by atoms with van der Waals surface area (Å²) in [6.07, 6.45) is 1.74. The molecule has 7 heteroatoms. The van der Waals surface area contributed by atoms with E-state index in [4.69, 9.17) is 9.15 Å². The van der Waals surface area contributed by atoms with Crippen LogP contribution < -0.4 is 15.4 Å². The van der Waals surface area contributed by atoms with E-state index in [2.05, 4.69) is 25.6 Å². The largest absolute Gasteiger partial charge is 0.473 e. The average molecular weight is 379 g/mol. The summed E-state index contributed by atoms with van der Waals surface area (Å²) in [4.78, 5) is 12.9. The normalized spacial score (nSPS) is 11.3. The lowest BCUT2D eigenvalue weighted by Gasteiger charge is -2.11. The van der Waals surface area contributed by atoms with Gasteiger partial charge in [-0.25, -0.2) is 9.97 Å². The third-order valence-corrected chi connectivity index (χ3v) is 4.19. The van der Waals surface area contributed by atoms with Crippen LogP contribution in [0.2, 0.25) is 0 Å². The van der Waals surface area contributed by atoms with Gasteiger partial charge in [0, 0.05) is 25.9 Å². The van der Waals surface area contributed by atoms with Gasteiger partial charge in [-0.15, -0.1) is 0 Å². The molecule has 0 fully saturated rings. The molecule has 0 unspecified atom stereocenters. The predicted molar refractivity (Wildman–Crippen MR) is 108 cm³/mol. The number of guanidine groups is 1. The first-order valence-corrected chi connectivity index (χ1v) is 9.13. The standard InChI is InChI=1S/C21H25N5O2/c1-15-16(2)28-20(26-15)13-25-21(22-3)24-12-18-9-10-23-19(11-18)27-14-17-7-5-4-6-8-17/h4-11H,12-14H2,1-3H3,(H2,22,24,25). The molecule has 7 nitrogen and oxygen atoms in total. The molecule has 2 heterocycles. The number of aliphatic imine (C=N–C) groups is 1. The van der Waals surface area contributed by atoms with Crippen molar-refractivity contribution in [3.05, 3.63) is 77.1 Å². The molecule has 146 valence electrons. The van der Waals surface area contributed by atoms with Gasteiger partial charge in [-0.3, -0.25) is 4.99 Å². The Morgan fingerprint density at radius 1 is 1.07 bits per heavy atom. The molecule has 0 aliphatic rings. The van der Waals surface area contributed by atoms with Crippen molar-refractivity contribution in [2.45, 2.75) is 33.5 Å². The zero-order valence-electron chi connectivity index (χ0n) is 16.4. The minimum absolute atomic E-state index is 0.468. The van der Waals surface area contributed by atoms with Crippen LogP contribution in [0.4, 0.5) is 0 Å². The summed E-state index contributed by atoms with van der Waals surface area (Å²) < 4.78 is 11.3. The molecule has 0 aliphatic heterocycles. The number of oxazole rings is 1. The van der Waals surface area contributed by atoms with Gasteiger partial charge in [0.1, 0.15) is 12.4 Å². The molecule has 2 aromatic heterocycles. The van der Waals surface area contributed by atoms with E-state index in [0.29, 0.717) is 37.4 Å². The molecular formula is C21H25N5O2. The quantitative estimate of drug-likeness (QED) is 0.485. The monoisotopic (exact) mass is 379 g/mol. The fourth-order valence-electron chi connectivity index (χ4n) is 2.55. The van der Waals surface area contributed by atoms with Gasteiger partial charge in [0.05, 0.1) is 12.2 Å². The fraction of sp³-hybridized carbons (Fsp3) is 0.286. The number of pyridine rings is 1. The zero-order valence-corrected chi connectivity index (χ0v) is 16.4. The van der Waals surface area contributed by atoms with Crippen molar-refractivity contribution < 1.29 is 9.15 Å². The van der Waals surface area contributed by atoms with Crippen molar-refractivity contribution in [2.75, 3.05) is 7.05 Å². The molecule has 0 bridgehead atoms. The van der Waals surface area contributed by atoms with E-state index in [1.54, 1.807) is 13.2 Å². The highest BCUT2D eigenvalue weighted by Crippen LogP contribution is 2.12. The Morgan fingerprint density at radius 3 is 2.57 bits per heavy atom. The van der Waals surface area contributed by atoms with E-state index in [0.717, 1.165) is 22.6 Å². The number of hydrogen-bond donors (Lipinski definition) is 2. The van der Waals surface area contributed by atoms with Gasteiger partial charge in [0.15, 0.2) is 5.96 Å². The van der Waals surface area contributed by atoms with Crippen LogP contribution in [0.15, 0.2) is 58.1 Å². The van der Waals surface area contributed by atoms with E-state index < -0.39 is 0 Å². The Kier molecular flexibility index (Phi) is 6.62. The smallest absolute Gasteiger partial charge is 0.214 e. The van der Waals surface area contributed by atoms with Gasteiger partial charge >= 0.3 is 0 Å². The molecule has 2 N–H and O–H groups in total. The molecular weight excluding hydrogens is 354 g/mol. The summed E-state index contributed by atoms with van der Waals surface area (Å²) >= 11 is 0. The van der Waals surface area contributed by atoms with Crippen molar-refractivity contribution in [3.8, 4) is 5.88 Å². The second-order valence-electron chi connectivity index (χ2n) is 6.31. The maximum absolute atomic E-state index is 5.78. The highest BCUT2D eigenvalue weighted by Gasteiger charge is 2.07. The number of nitrogens with zero attached hydrogens (tertiary/aromatic N) is 3. The van der Waals surface area contributed by atoms with E-state index >= 15 is 0 Å². The number of aromatic nitrogens is 2. The van der Waals surface area contributed by atoms with Crippen LogP contribution >= 0.6 is 0 Å². The second kappa shape index (κ2) is 9.55. The van der Waals surface area contributed by atoms with Crippen molar-refractivity contribution in [2.24, 2.45) is 4.99 Å². The SMILES string of the molecule is CN=C(NCc1ccnc(OCc2ccccc2)c1)NCc1nc(C)c(C)o1. The van der Waals surface area contributed by atoms with Crippen LogP contribution in [0.5, 0.6) is 5.88 Å². The molecule has 0 aliphatic carbocycles. The lowest BCUT2D eigenvalue weighted by atomic mass is 10.2. The average Bonchev–Trinajstić information content (AvgIpc) is 3.05. The van der Waals surface area contributed by atoms with Crippen LogP contribution in [0.3, 0.4) is 0 Å². The molecule has 28 heavy (non-hydrogen) atoms. The number of nitrogens with one attached hydrogen (secondary N) is 2. The summed E-state index contributed by atoms with van der Waals surface area (Å²) in [5.74, 6) is 2.73. The van der Waals surface area contributed by atoms with Gasteiger partial charge in [-0.05, 0) is 31.0 Å². The lowest BCUT2D eigenvalue weighted by molar-refractivity contribution is 0.293. The number of rotatable bonds is 7. The lowest BCUT2D eigenvalue weighted by Crippen LogP contribution is -2.36. The Morgan fingerprint density at radius 2 is 1.86 bits per heavy atom. The molecule has 0 atom stereocenters. The zero-order chi connectivity index (χ0) is 19.8. The highest BCUT2D eigenvalue weighted by molar-refractivity contribution is 5.79. The van der Waals surface area contributed by atoms with E-state index in [1.165, 1.54) is 0 Å². The number of ether oxygens (including phenoxy) is 1. The van der Waals surface area contributed by atoms with Crippen LogP contribution in [-0.4, -0.2) is 23.0 Å². The number of aryl methyl sites for hydroxylation is 2. The molecule has 0 radical (unpaired) electrons. The maximum Gasteiger partial charge on any atom is 0.214 e. The highest BCUT2D eigenvalue weighted by atomic mass is 16.5. The van der Waals surface area contributed by atoms with Gasteiger partial charge in [-0.2, -0.15) is 0 Å². The minimum atomic E-state index is 0.468. The molecule has 0 saturated heterocycles. The number of benzene rings is 1. The van der Waals surface area contributed by atoms with Gasteiger partial charge < -0.3 is 19.8 Å². The first kappa shape index (κ1) is 19.4. The topological polar surface area (TPSA) is 84.6 Å². The van der Waals surface area contributed by atoms with Gasteiger partial charge in [0.25, 0.3) is 0 Å². The first-order chi connectivity index (χ1) is 13.6. The third kappa shape index (κ3) is 5.57. The van der Waals surface area contributed by atoms with Crippen molar-refractivity contribution in [1.29, 1.82) is 0 Å². The van der Waals surface area contributed by atoms with Crippen molar-refractivity contribution >= 4 is 5.96 Å². The van der Waals surface area contributed by atoms with Crippen LogP contribution in [0, 0.1) is 13.8 Å². The predicted octanol–water partition coefficient (Wildman–Crippen LogP) is 3.13. The summed E-state index contributed by atoms with van der Waals surface area (Å²) in [6.45, 7) is 5.38. The first-order valence-electron chi connectivity index (χ1n) is 9.13. The molecule has 0 amide bonds. The molecule has 3 rings (SSSR count). The molecule has 3 aromatic rings. The Balaban J connectivity index is 1.50. The third-order valence-electron chi connectivity index (χ3n) is 4.19. The van der Waals surface area contributed by atoms with Crippen LogP contribution in [0.1, 0.15) is 28.5 Å².